The van der Waals surface area contributed by atoms with Crippen molar-refractivity contribution in [1.82, 2.24) is 5.32 Å². The number of carbonyl (C=O) groups is 2. The Morgan fingerprint density at radius 2 is 2.09 bits per heavy atom. The van der Waals surface area contributed by atoms with E-state index in [4.69, 9.17) is 9.47 Å². The molecule has 2 N–H and O–H groups in total. The van der Waals surface area contributed by atoms with Crippen LogP contribution in [0, 0.1) is 5.82 Å². The summed E-state index contributed by atoms with van der Waals surface area (Å²) in [5, 5.41) is 12.9. The first-order chi connectivity index (χ1) is 15.4. The quantitative estimate of drug-likeness (QED) is 0.403. The lowest BCUT2D eigenvalue weighted by Crippen LogP contribution is -2.28. The number of methoxy groups -OCH3 is 1. The minimum atomic E-state index is -0.635. The van der Waals surface area contributed by atoms with Gasteiger partial charge in [0, 0.05) is 12.1 Å². The maximum Gasteiger partial charge on any atom is 0.240 e. The number of benzene rings is 2. The summed E-state index contributed by atoms with van der Waals surface area (Å²) in [6.07, 6.45) is 1.46. The first-order valence-electron chi connectivity index (χ1n) is 9.54. The van der Waals surface area contributed by atoms with Gasteiger partial charge in [-0.3, -0.25) is 9.59 Å². The Balaban J connectivity index is 1.60. The third kappa shape index (κ3) is 6.30. The first kappa shape index (κ1) is 23.7. The standard InChI is InChI=1S/C21H20BrFN4O4S/c1-3-31-19-15(22)8-12(9-16(19)30-2)11-24-27-21-26-20(29)17(32-21)10-18(28)25-14-6-4-13(23)5-7-14/h4-9,11,17H,3,10H2,1-2H3,(H,25,28)(H,26,27,29)/b24-11+. The fraction of sp³-hybridized carbons (Fsp3) is 0.238. The average molecular weight is 523 g/mol. The van der Waals surface area contributed by atoms with Gasteiger partial charge in [-0.25, -0.2) is 4.39 Å². The number of rotatable bonds is 8. The van der Waals surface area contributed by atoms with Crippen LogP contribution in [0.1, 0.15) is 18.9 Å². The van der Waals surface area contributed by atoms with Gasteiger partial charge in [0.2, 0.25) is 11.8 Å². The Bertz CT molecular complexity index is 1060. The second-order valence-electron chi connectivity index (χ2n) is 6.47. The Morgan fingerprint density at radius 3 is 2.78 bits per heavy atom. The largest absolute Gasteiger partial charge is 0.493 e. The highest BCUT2D eigenvalue weighted by Gasteiger charge is 2.32. The highest BCUT2D eigenvalue weighted by Crippen LogP contribution is 2.36. The fourth-order valence-corrected chi connectivity index (χ4v) is 4.25. The molecule has 0 bridgehead atoms. The predicted octanol–water partition coefficient (Wildman–Crippen LogP) is 3.95. The Morgan fingerprint density at radius 1 is 1.34 bits per heavy atom. The SMILES string of the molecule is CCOc1c(Br)cc(/C=N/N=C2/NC(=O)C(CC(=O)Nc3ccc(F)cc3)S2)cc1OC. The summed E-state index contributed by atoms with van der Waals surface area (Å²) < 4.78 is 24.6. The molecule has 0 aromatic heterocycles. The lowest BCUT2D eigenvalue weighted by atomic mass is 10.2. The zero-order valence-electron chi connectivity index (χ0n) is 17.2. The van der Waals surface area contributed by atoms with Crippen LogP contribution in [0.4, 0.5) is 10.1 Å². The lowest BCUT2D eigenvalue weighted by molar-refractivity contribution is -0.122. The molecular formula is C21H20BrFN4O4S. The van der Waals surface area contributed by atoms with Crippen molar-refractivity contribution in [2.45, 2.75) is 18.6 Å². The van der Waals surface area contributed by atoms with Crippen molar-refractivity contribution in [1.29, 1.82) is 0 Å². The van der Waals surface area contributed by atoms with Crippen LogP contribution in [0.2, 0.25) is 0 Å². The molecular weight excluding hydrogens is 503 g/mol. The molecule has 0 spiro atoms. The highest BCUT2D eigenvalue weighted by molar-refractivity contribution is 9.10. The van der Waals surface area contributed by atoms with Crippen LogP contribution in [0.15, 0.2) is 51.1 Å². The molecule has 8 nitrogen and oxygen atoms in total. The molecule has 1 unspecified atom stereocenters. The van der Waals surface area contributed by atoms with Gasteiger partial charge in [-0.15, -0.1) is 5.10 Å². The minimum Gasteiger partial charge on any atom is -0.493 e. The molecule has 1 fully saturated rings. The van der Waals surface area contributed by atoms with Gasteiger partial charge in [0.05, 0.1) is 24.4 Å². The summed E-state index contributed by atoms with van der Waals surface area (Å²) in [5.41, 5.74) is 1.17. The molecule has 2 amide bonds. The van der Waals surface area contributed by atoms with Gasteiger partial charge in [-0.1, -0.05) is 11.8 Å². The summed E-state index contributed by atoms with van der Waals surface area (Å²) in [7, 11) is 1.54. The maximum atomic E-state index is 13.0. The Labute approximate surface area is 196 Å². The molecule has 11 heteroatoms. The van der Waals surface area contributed by atoms with Crippen LogP contribution in [0.3, 0.4) is 0 Å². The van der Waals surface area contributed by atoms with E-state index >= 15 is 0 Å². The first-order valence-corrected chi connectivity index (χ1v) is 11.2. The molecule has 0 aliphatic carbocycles. The summed E-state index contributed by atoms with van der Waals surface area (Å²) in [4.78, 5) is 24.3. The number of nitrogens with one attached hydrogen (secondary N) is 2. The van der Waals surface area contributed by atoms with Crippen LogP contribution >= 0.6 is 27.7 Å². The number of hydrogen-bond acceptors (Lipinski definition) is 7. The average Bonchev–Trinajstić information content (AvgIpc) is 3.10. The number of carbonyl (C=O) groups excluding carboxylic acids is 2. The number of halogens is 2. The Hall–Kier alpha value is -2.92. The number of thioether (sulfide) groups is 1. The van der Waals surface area contributed by atoms with Gasteiger partial charge in [0.1, 0.15) is 11.1 Å². The maximum absolute atomic E-state index is 13.0. The van der Waals surface area contributed by atoms with Crippen molar-refractivity contribution in [3.05, 3.63) is 52.3 Å². The van der Waals surface area contributed by atoms with E-state index in [1.807, 2.05) is 6.92 Å². The predicted molar refractivity (Wildman–Crippen MR) is 126 cm³/mol. The summed E-state index contributed by atoms with van der Waals surface area (Å²) in [6, 6.07) is 8.94. The van der Waals surface area contributed by atoms with Crippen molar-refractivity contribution in [2.75, 3.05) is 19.0 Å². The monoisotopic (exact) mass is 522 g/mol. The van der Waals surface area contributed by atoms with Gasteiger partial charge < -0.3 is 20.1 Å². The van der Waals surface area contributed by atoms with E-state index in [1.165, 1.54) is 30.5 Å². The van der Waals surface area contributed by atoms with Crippen molar-refractivity contribution < 1.29 is 23.5 Å². The topological polar surface area (TPSA) is 101 Å². The lowest BCUT2D eigenvalue weighted by Gasteiger charge is -2.11. The van der Waals surface area contributed by atoms with E-state index in [9.17, 15) is 14.0 Å². The van der Waals surface area contributed by atoms with E-state index < -0.39 is 11.1 Å². The molecule has 0 radical (unpaired) electrons. The van der Waals surface area contributed by atoms with Gasteiger partial charge >= 0.3 is 0 Å². The number of amidine groups is 1. The highest BCUT2D eigenvalue weighted by atomic mass is 79.9. The van der Waals surface area contributed by atoms with E-state index in [1.54, 1.807) is 19.2 Å². The van der Waals surface area contributed by atoms with E-state index in [-0.39, 0.29) is 18.2 Å². The third-order valence-electron chi connectivity index (χ3n) is 4.17. The van der Waals surface area contributed by atoms with Gasteiger partial charge in [0.25, 0.3) is 0 Å². The molecule has 0 saturated carbocycles. The van der Waals surface area contributed by atoms with Crippen molar-refractivity contribution in [3.8, 4) is 11.5 Å². The molecule has 1 saturated heterocycles. The van der Waals surface area contributed by atoms with Crippen molar-refractivity contribution >= 4 is 56.6 Å². The third-order valence-corrected chi connectivity index (χ3v) is 5.83. The van der Waals surface area contributed by atoms with Gasteiger partial charge in [-0.2, -0.15) is 5.10 Å². The van der Waals surface area contributed by atoms with Crippen LogP contribution in [-0.4, -0.2) is 42.2 Å². The molecule has 2 aromatic carbocycles. The fourth-order valence-electron chi connectivity index (χ4n) is 2.75. The zero-order valence-corrected chi connectivity index (χ0v) is 19.6. The number of hydrogen-bond donors (Lipinski definition) is 2. The van der Waals surface area contributed by atoms with Crippen molar-refractivity contribution in [2.24, 2.45) is 10.2 Å². The molecule has 1 aliphatic rings. The molecule has 3 rings (SSSR count). The smallest absolute Gasteiger partial charge is 0.240 e. The molecule has 32 heavy (non-hydrogen) atoms. The van der Waals surface area contributed by atoms with E-state index in [0.29, 0.717) is 39.0 Å². The van der Waals surface area contributed by atoms with E-state index in [0.717, 1.165) is 11.8 Å². The molecule has 1 aliphatic heterocycles. The van der Waals surface area contributed by atoms with E-state index in [2.05, 4.69) is 36.8 Å². The van der Waals surface area contributed by atoms with Gasteiger partial charge in [-0.05, 0) is 64.8 Å². The number of amides is 2. The normalized spacial score (nSPS) is 16.9. The summed E-state index contributed by atoms with van der Waals surface area (Å²) in [5.74, 6) is 0.0557. The zero-order chi connectivity index (χ0) is 23.1. The molecule has 1 atom stereocenters. The molecule has 168 valence electrons. The van der Waals surface area contributed by atoms with Crippen LogP contribution in [0.25, 0.3) is 0 Å². The second kappa shape index (κ2) is 11.1. The number of ether oxygens (including phenoxy) is 2. The molecule has 1 heterocycles. The van der Waals surface area contributed by atoms with Crippen LogP contribution in [0.5, 0.6) is 11.5 Å². The number of anilines is 1. The van der Waals surface area contributed by atoms with Crippen LogP contribution < -0.4 is 20.1 Å². The minimum absolute atomic E-state index is 0.0559. The summed E-state index contributed by atoms with van der Waals surface area (Å²) >= 11 is 4.56. The summed E-state index contributed by atoms with van der Waals surface area (Å²) in [6.45, 7) is 2.38. The second-order valence-corrected chi connectivity index (χ2v) is 8.52. The van der Waals surface area contributed by atoms with Crippen LogP contribution in [-0.2, 0) is 9.59 Å². The molecule has 2 aromatic rings. The van der Waals surface area contributed by atoms with Crippen molar-refractivity contribution in [3.63, 3.8) is 0 Å². The Kier molecular flexibility index (Phi) is 8.23. The van der Waals surface area contributed by atoms with Gasteiger partial charge in [0.15, 0.2) is 16.7 Å². The number of nitrogens with zero attached hydrogens (tertiary/aromatic N) is 2.